The lowest BCUT2D eigenvalue weighted by molar-refractivity contribution is -0.159. The number of benzene rings is 2. The number of rotatable bonds is 4. The Morgan fingerprint density at radius 3 is 2.04 bits per heavy atom. The molecule has 3 aromatic rings. The highest BCUT2D eigenvalue weighted by Gasteiger charge is 2.16. The van der Waals surface area contributed by atoms with Gasteiger partial charge in [-0.1, -0.05) is 65.8 Å². The second-order valence-electron chi connectivity index (χ2n) is 5.23. The van der Waals surface area contributed by atoms with Crippen LogP contribution in [0.3, 0.4) is 0 Å². The van der Waals surface area contributed by atoms with Crippen LogP contribution in [0, 0.1) is 0 Å². The minimum atomic E-state index is -1.82. The Kier molecular flexibility index (Phi) is 6.58. The van der Waals surface area contributed by atoms with Crippen molar-refractivity contribution in [3.8, 4) is 11.4 Å². The van der Waals surface area contributed by atoms with Gasteiger partial charge in [0.1, 0.15) is 0 Å². The summed E-state index contributed by atoms with van der Waals surface area (Å²) >= 11 is 0. The van der Waals surface area contributed by atoms with Crippen molar-refractivity contribution in [2.75, 3.05) is 0 Å². The van der Waals surface area contributed by atoms with Crippen molar-refractivity contribution >= 4 is 11.9 Å². The van der Waals surface area contributed by atoms with Crippen LogP contribution in [0.2, 0.25) is 0 Å². The molecule has 3 rings (SSSR count). The zero-order valence-electron chi connectivity index (χ0n) is 13.6. The van der Waals surface area contributed by atoms with Crippen molar-refractivity contribution in [2.24, 2.45) is 5.73 Å². The average molecular weight is 355 g/mol. The number of carboxylic acids is 2. The number of aliphatic carboxylic acids is 2. The van der Waals surface area contributed by atoms with Crippen molar-refractivity contribution in [3.05, 3.63) is 72.1 Å². The maximum Gasteiger partial charge on any atom is 0.414 e. The summed E-state index contributed by atoms with van der Waals surface area (Å²) in [5.74, 6) is -2.61. The van der Waals surface area contributed by atoms with Crippen LogP contribution in [-0.4, -0.2) is 32.3 Å². The molecule has 0 amide bonds. The summed E-state index contributed by atoms with van der Waals surface area (Å²) in [6.07, 6.45) is 0.678. The minimum Gasteiger partial charge on any atom is -0.473 e. The van der Waals surface area contributed by atoms with Gasteiger partial charge in [0.25, 0.3) is 0 Å². The summed E-state index contributed by atoms with van der Waals surface area (Å²) in [6.45, 7) is 0. The molecule has 8 nitrogen and oxygen atoms in total. The van der Waals surface area contributed by atoms with E-state index in [1.807, 2.05) is 60.7 Å². The van der Waals surface area contributed by atoms with Crippen LogP contribution in [0.5, 0.6) is 0 Å². The molecule has 0 spiro atoms. The van der Waals surface area contributed by atoms with E-state index in [0.717, 1.165) is 11.1 Å². The summed E-state index contributed by atoms with van der Waals surface area (Å²) in [6, 6.07) is 19.5. The number of nitrogens with zero attached hydrogens (tertiary/aromatic N) is 2. The molecule has 4 N–H and O–H groups in total. The van der Waals surface area contributed by atoms with E-state index in [1.54, 1.807) is 0 Å². The van der Waals surface area contributed by atoms with Gasteiger partial charge in [0.2, 0.25) is 11.7 Å². The van der Waals surface area contributed by atoms with Gasteiger partial charge >= 0.3 is 11.9 Å². The molecule has 0 aliphatic carbocycles. The van der Waals surface area contributed by atoms with Crippen molar-refractivity contribution in [2.45, 2.75) is 12.5 Å². The second kappa shape index (κ2) is 9.09. The van der Waals surface area contributed by atoms with E-state index in [2.05, 4.69) is 10.1 Å². The van der Waals surface area contributed by atoms with Crippen LogP contribution in [0.4, 0.5) is 0 Å². The number of hydrogen-bond acceptors (Lipinski definition) is 6. The smallest absolute Gasteiger partial charge is 0.414 e. The Morgan fingerprint density at radius 2 is 1.50 bits per heavy atom. The van der Waals surface area contributed by atoms with Gasteiger partial charge in [-0.25, -0.2) is 9.59 Å². The van der Waals surface area contributed by atoms with Crippen LogP contribution in [-0.2, 0) is 16.0 Å². The second-order valence-corrected chi connectivity index (χ2v) is 5.23. The molecular weight excluding hydrogens is 338 g/mol. The van der Waals surface area contributed by atoms with E-state index in [4.69, 9.17) is 30.1 Å². The van der Waals surface area contributed by atoms with Gasteiger partial charge in [0.05, 0.1) is 6.04 Å². The summed E-state index contributed by atoms with van der Waals surface area (Å²) < 4.78 is 5.27. The van der Waals surface area contributed by atoms with E-state index >= 15 is 0 Å². The molecule has 2 aromatic carbocycles. The van der Waals surface area contributed by atoms with Crippen molar-refractivity contribution in [3.63, 3.8) is 0 Å². The third-order valence-corrected chi connectivity index (χ3v) is 3.27. The van der Waals surface area contributed by atoms with E-state index < -0.39 is 11.9 Å². The third-order valence-electron chi connectivity index (χ3n) is 3.27. The molecule has 0 bridgehead atoms. The predicted molar refractivity (Wildman–Crippen MR) is 92.1 cm³/mol. The fourth-order valence-corrected chi connectivity index (χ4v) is 2.05. The SMILES string of the molecule is NC(Cc1ccccc1)c1nc(-c2ccccc2)no1.O=C(O)C(=O)O. The molecule has 0 aliphatic heterocycles. The fourth-order valence-electron chi connectivity index (χ4n) is 2.05. The van der Waals surface area contributed by atoms with E-state index in [9.17, 15) is 0 Å². The number of aromatic nitrogens is 2. The zero-order chi connectivity index (χ0) is 18.9. The number of nitrogens with two attached hydrogens (primary N) is 1. The Hall–Kier alpha value is -3.52. The first-order valence-electron chi connectivity index (χ1n) is 7.62. The first-order valence-corrected chi connectivity index (χ1v) is 7.62. The van der Waals surface area contributed by atoms with E-state index in [0.29, 0.717) is 18.1 Å². The number of hydrogen-bond donors (Lipinski definition) is 3. The lowest BCUT2D eigenvalue weighted by Gasteiger charge is -2.05. The predicted octanol–water partition coefficient (Wildman–Crippen LogP) is 2.13. The topological polar surface area (TPSA) is 140 Å². The first-order chi connectivity index (χ1) is 12.5. The van der Waals surface area contributed by atoms with Gasteiger partial charge in [0.15, 0.2) is 0 Å². The fraction of sp³-hybridized carbons (Fsp3) is 0.111. The van der Waals surface area contributed by atoms with Gasteiger partial charge in [-0.05, 0) is 12.0 Å². The first kappa shape index (κ1) is 18.8. The van der Waals surface area contributed by atoms with Crippen LogP contribution in [0.15, 0.2) is 65.2 Å². The van der Waals surface area contributed by atoms with Crippen molar-refractivity contribution in [1.29, 1.82) is 0 Å². The van der Waals surface area contributed by atoms with Crippen LogP contribution in [0.1, 0.15) is 17.5 Å². The van der Waals surface area contributed by atoms with Gasteiger partial charge in [0, 0.05) is 5.56 Å². The highest BCUT2D eigenvalue weighted by molar-refractivity contribution is 6.27. The Bertz CT molecular complexity index is 838. The molecular formula is C18H17N3O5. The molecule has 1 heterocycles. The zero-order valence-corrected chi connectivity index (χ0v) is 13.6. The van der Waals surface area contributed by atoms with Crippen molar-refractivity contribution in [1.82, 2.24) is 10.1 Å². The number of carbonyl (C=O) groups is 2. The molecule has 0 radical (unpaired) electrons. The highest BCUT2D eigenvalue weighted by atomic mass is 16.5. The van der Waals surface area contributed by atoms with E-state index in [1.165, 1.54) is 0 Å². The summed E-state index contributed by atoms with van der Waals surface area (Å²) in [5.41, 5.74) is 8.20. The normalized spacial score (nSPS) is 11.1. The Balaban J connectivity index is 0.000000352. The third kappa shape index (κ3) is 5.53. The largest absolute Gasteiger partial charge is 0.473 e. The van der Waals surface area contributed by atoms with Crippen molar-refractivity contribution < 1.29 is 24.3 Å². The molecule has 1 atom stereocenters. The molecule has 1 unspecified atom stereocenters. The van der Waals surface area contributed by atoms with Crippen LogP contribution >= 0.6 is 0 Å². The van der Waals surface area contributed by atoms with Crippen LogP contribution in [0.25, 0.3) is 11.4 Å². The summed E-state index contributed by atoms with van der Waals surface area (Å²) in [5, 5.41) is 18.8. The Morgan fingerprint density at radius 1 is 0.962 bits per heavy atom. The van der Waals surface area contributed by atoms with Crippen LogP contribution < -0.4 is 5.73 Å². The maximum absolute atomic E-state index is 9.10. The number of carboxylic acid groups (broad SMARTS) is 2. The lowest BCUT2D eigenvalue weighted by atomic mass is 10.1. The maximum atomic E-state index is 9.10. The molecule has 0 fully saturated rings. The molecule has 134 valence electrons. The quantitative estimate of drug-likeness (QED) is 0.605. The highest BCUT2D eigenvalue weighted by Crippen LogP contribution is 2.19. The molecule has 0 saturated carbocycles. The average Bonchev–Trinajstić information content (AvgIpc) is 3.14. The standard InChI is InChI=1S/C16H15N3O.C2H2O4/c17-14(11-12-7-3-1-4-8-12)16-18-15(19-20-16)13-9-5-2-6-10-13;3-1(4)2(5)6/h1-10,14H,11,17H2;(H,3,4)(H,5,6). The monoisotopic (exact) mass is 355 g/mol. The molecule has 8 heteroatoms. The molecule has 0 saturated heterocycles. The molecule has 1 aromatic heterocycles. The van der Waals surface area contributed by atoms with Gasteiger partial charge < -0.3 is 20.5 Å². The minimum absolute atomic E-state index is 0.289. The van der Waals surface area contributed by atoms with Gasteiger partial charge in [-0.3, -0.25) is 0 Å². The van der Waals surface area contributed by atoms with E-state index in [-0.39, 0.29) is 6.04 Å². The Labute approximate surface area is 148 Å². The van der Waals surface area contributed by atoms with Gasteiger partial charge in [-0.15, -0.1) is 0 Å². The summed E-state index contributed by atoms with van der Waals surface area (Å²) in [4.78, 5) is 22.6. The lowest BCUT2D eigenvalue weighted by Crippen LogP contribution is -2.13. The van der Waals surface area contributed by atoms with Gasteiger partial charge in [-0.2, -0.15) is 4.98 Å². The molecule has 26 heavy (non-hydrogen) atoms. The summed E-state index contributed by atoms with van der Waals surface area (Å²) in [7, 11) is 0. The molecule has 0 aliphatic rings.